The molecule has 0 aliphatic heterocycles. The summed E-state index contributed by atoms with van der Waals surface area (Å²) in [6.45, 7) is 1.61. The van der Waals surface area contributed by atoms with Crippen molar-refractivity contribution in [3.8, 4) is 17.2 Å². The van der Waals surface area contributed by atoms with Gasteiger partial charge < -0.3 is 20.9 Å². The molecule has 21 heavy (non-hydrogen) atoms. The number of anilines is 1. The lowest BCUT2D eigenvalue weighted by atomic mass is 10.2. The van der Waals surface area contributed by atoms with Gasteiger partial charge in [0.1, 0.15) is 5.82 Å². The van der Waals surface area contributed by atoms with Gasteiger partial charge in [0.2, 0.25) is 5.91 Å². The highest BCUT2D eigenvalue weighted by molar-refractivity contribution is 5.93. The van der Waals surface area contributed by atoms with Crippen LogP contribution in [0.4, 0.5) is 10.1 Å². The van der Waals surface area contributed by atoms with Crippen molar-refractivity contribution in [3.63, 3.8) is 0 Å². The van der Waals surface area contributed by atoms with E-state index in [-0.39, 0.29) is 5.69 Å². The van der Waals surface area contributed by atoms with Gasteiger partial charge >= 0.3 is 0 Å². The van der Waals surface area contributed by atoms with Crippen molar-refractivity contribution in [2.75, 3.05) is 12.8 Å². The number of nitrogen functional groups attached to an aromatic ring is 1. The van der Waals surface area contributed by atoms with E-state index in [1.165, 1.54) is 37.4 Å². The monoisotopic (exact) mass is 290 g/mol. The molecule has 0 saturated heterocycles. The molecule has 2 rings (SSSR count). The summed E-state index contributed by atoms with van der Waals surface area (Å²) in [4.78, 5) is 11.1. The summed E-state index contributed by atoms with van der Waals surface area (Å²) in [5.74, 6) is -0.000192. The molecule has 6 heteroatoms. The molecule has 0 spiro atoms. The minimum Gasteiger partial charge on any atom is -0.493 e. The number of ether oxygens (including phenoxy) is 2. The average molecular weight is 290 g/mol. The molecule has 0 aliphatic carbocycles. The first-order valence-electron chi connectivity index (χ1n) is 6.13. The van der Waals surface area contributed by atoms with Crippen LogP contribution in [0.15, 0.2) is 30.3 Å². The van der Waals surface area contributed by atoms with E-state index < -0.39 is 11.7 Å². The van der Waals surface area contributed by atoms with Gasteiger partial charge in [0.05, 0.1) is 12.8 Å². The number of nitrogens with two attached hydrogens (primary N) is 2. The predicted molar refractivity (Wildman–Crippen MR) is 77.1 cm³/mol. The summed E-state index contributed by atoms with van der Waals surface area (Å²) in [6, 6.07) is 7.19. The third kappa shape index (κ3) is 3.05. The zero-order chi connectivity index (χ0) is 15.6. The molecule has 110 valence electrons. The lowest BCUT2D eigenvalue weighted by Crippen LogP contribution is -2.10. The molecule has 0 aromatic heterocycles. The van der Waals surface area contributed by atoms with Crippen molar-refractivity contribution in [1.82, 2.24) is 0 Å². The zero-order valence-electron chi connectivity index (χ0n) is 11.6. The van der Waals surface area contributed by atoms with E-state index in [9.17, 15) is 9.18 Å². The number of hydrogen-bond donors (Lipinski definition) is 2. The zero-order valence-corrected chi connectivity index (χ0v) is 11.6. The Morgan fingerprint density at radius 2 is 1.86 bits per heavy atom. The second-order valence-corrected chi connectivity index (χ2v) is 4.47. The van der Waals surface area contributed by atoms with Crippen LogP contribution < -0.4 is 20.9 Å². The van der Waals surface area contributed by atoms with Gasteiger partial charge in [0.25, 0.3) is 0 Å². The van der Waals surface area contributed by atoms with Gasteiger partial charge in [-0.1, -0.05) is 0 Å². The largest absolute Gasteiger partial charge is 0.493 e. The van der Waals surface area contributed by atoms with Gasteiger partial charge in [-0.15, -0.1) is 0 Å². The molecule has 4 N–H and O–H groups in total. The predicted octanol–water partition coefficient (Wildman–Crippen LogP) is 2.62. The SMILES string of the molecule is COc1cc(C(N)=O)ccc1Oc1cc(C)c(F)cc1N. The second-order valence-electron chi connectivity index (χ2n) is 4.47. The molecule has 2 aromatic carbocycles. The van der Waals surface area contributed by atoms with Crippen molar-refractivity contribution >= 4 is 11.6 Å². The summed E-state index contributed by atoms with van der Waals surface area (Å²) in [6.07, 6.45) is 0. The quantitative estimate of drug-likeness (QED) is 0.847. The van der Waals surface area contributed by atoms with Crippen molar-refractivity contribution in [2.45, 2.75) is 6.92 Å². The first-order chi connectivity index (χ1) is 9.92. The topological polar surface area (TPSA) is 87.6 Å². The number of hydrogen-bond acceptors (Lipinski definition) is 4. The number of methoxy groups -OCH3 is 1. The van der Waals surface area contributed by atoms with Crippen molar-refractivity contribution < 1.29 is 18.7 Å². The summed E-state index contributed by atoms with van der Waals surface area (Å²) < 4.78 is 24.2. The first-order valence-corrected chi connectivity index (χ1v) is 6.13. The molecule has 0 heterocycles. The Morgan fingerprint density at radius 1 is 1.14 bits per heavy atom. The summed E-state index contributed by atoms with van der Waals surface area (Å²) in [5, 5.41) is 0. The Morgan fingerprint density at radius 3 is 2.48 bits per heavy atom. The fourth-order valence-corrected chi connectivity index (χ4v) is 1.78. The Bertz CT molecular complexity index is 702. The van der Waals surface area contributed by atoms with Gasteiger partial charge in [0.15, 0.2) is 17.2 Å². The molecule has 0 aliphatic rings. The number of amides is 1. The Labute approximate surface area is 121 Å². The Balaban J connectivity index is 2.40. The lowest BCUT2D eigenvalue weighted by Gasteiger charge is -2.13. The summed E-state index contributed by atoms with van der Waals surface area (Å²) >= 11 is 0. The highest BCUT2D eigenvalue weighted by atomic mass is 19.1. The molecular formula is C15H15FN2O3. The van der Waals surface area contributed by atoms with Crippen LogP contribution in [0.1, 0.15) is 15.9 Å². The molecule has 1 amide bonds. The molecule has 0 bridgehead atoms. The number of aryl methyl sites for hydroxylation is 1. The maximum Gasteiger partial charge on any atom is 0.248 e. The minimum absolute atomic E-state index is 0.166. The number of primary amides is 1. The first kappa shape index (κ1) is 14.6. The molecule has 0 atom stereocenters. The van der Waals surface area contributed by atoms with E-state index in [0.717, 1.165) is 0 Å². The van der Waals surface area contributed by atoms with Crippen LogP contribution in [-0.4, -0.2) is 13.0 Å². The third-order valence-electron chi connectivity index (χ3n) is 2.96. The molecule has 0 radical (unpaired) electrons. The molecular weight excluding hydrogens is 275 g/mol. The molecule has 5 nitrogen and oxygen atoms in total. The Hall–Kier alpha value is -2.76. The van der Waals surface area contributed by atoms with E-state index in [1.54, 1.807) is 6.92 Å². The molecule has 2 aromatic rings. The number of carbonyl (C=O) groups is 1. The van der Waals surface area contributed by atoms with Crippen LogP contribution in [0.25, 0.3) is 0 Å². The summed E-state index contributed by atoms with van der Waals surface area (Å²) in [7, 11) is 1.44. The third-order valence-corrected chi connectivity index (χ3v) is 2.96. The van der Waals surface area contributed by atoms with Gasteiger partial charge in [-0.05, 0) is 36.8 Å². The fourth-order valence-electron chi connectivity index (χ4n) is 1.78. The minimum atomic E-state index is -0.572. The van der Waals surface area contributed by atoms with E-state index in [2.05, 4.69) is 0 Å². The normalized spacial score (nSPS) is 10.2. The smallest absolute Gasteiger partial charge is 0.248 e. The molecule has 0 fully saturated rings. The van der Waals surface area contributed by atoms with E-state index in [1.807, 2.05) is 0 Å². The number of rotatable bonds is 4. The van der Waals surface area contributed by atoms with Crippen LogP contribution in [0.5, 0.6) is 17.2 Å². The average Bonchev–Trinajstić information content (AvgIpc) is 2.44. The van der Waals surface area contributed by atoms with Crippen molar-refractivity contribution in [3.05, 3.63) is 47.3 Å². The highest BCUT2D eigenvalue weighted by Crippen LogP contribution is 2.35. The number of benzene rings is 2. The maximum atomic E-state index is 13.4. The van der Waals surface area contributed by atoms with Gasteiger partial charge in [-0.25, -0.2) is 4.39 Å². The van der Waals surface area contributed by atoms with Crippen LogP contribution in [0, 0.1) is 12.7 Å². The fraction of sp³-hybridized carbons (Fsp3) is 0.133. The second kappa shape index (κ2) is 5.70. The molecule has 0 saturated carbocycles. The van der Waals surface area contributed by atoms with E-state index in [0.29, 0.717) is 28.4 Å². The van der Waals surface area contributed by atoms with Crippen molar-refractivity contribution in [2.24, 2.45) is 5.73 Å². The maximum absolute atomic E-state index is 13.4. The van der Waals surface area contributed by atoms with Gasteiger partial charge in [-0.3, -0.25) is 4.79 Å². The number of halogens is 1. The van der Waals surface area contributed by atoms with Crippen molar-refractivity contribution in [1.29, 1.82) is 0 Å². The van der Waals surface area contributed by atoms with Crippen LogP contribution in [-0.2, 0) is 0 Å². The standard InChI is InChI=1S/C15H15FN2O3/c1-8-5-13(11(17)7-10(8)16)21-12-4-3-9(15(18)19)6-14(12)20-2/h3-7H,17H2,1-2H3,(H2,18,19). The Kier molecular flexibility index (Phi) is 3.98. The lowest BCUT2D eigenvalue weighted by molar-refractivity contribution is 0.1000. The van der Waals surface area contributed by atoms with Crippen LogP contribution in [0.2, 0.25) is 0 Å². The van der Waals surface area contributed by atoms with Crippen LogP contribution >= 0.6 is 0 Å². The van der Waals surface area contributed by atoms with E-state index >= 15 is 0 Å². The highest BCUT2D eigenvalue weighted by Gasteiger charge is 2.12. The van der Waals surface area contributed by atoms with Crippen LogP contribution in [0.3, 0.4) is 0 Å². The number of carbonyl (C=O) groups excluding carboxylic acids is 1. The van der Waals surface area contributed by atoms with E-state index in [4.69, 9.17) is 20.9 Å². The van der Waals surface area contributed by atoms with Gasteiger partial charge in [-0.2, -0.15) is 0 Å². The molecule has 0 unspecified atom stereocenters. The summed E-state index contributed by atoms with van der Waals surface area (Å²) in [5.41, 5.74) is 11.8. The van der Waals surface area contributed by atoms with Gasteiger partial charge in [0, 0.05) is 11.6 Å².